The lowest BCUT2D eigenvalue weighted by Gasteiger charge is -2.22. The minimum Gasteiger partial charge on any atom is -0.449 e. The first-order valence-corrected chi connectivity index (χ1v) is 9.51. The summed E-state index contributed by atoms with van der Waals surface area (Å²) in [6.07, 6.45) is 1.07. The zero-order valence-corrected chi connectivity index (χ0v) is 16.3. The first-order valence-electron chi connectivity index (χ1n) is 9.13. The van der Waals surface area contributed by atoms with Crippen molar-refractivity contribution in [3.63, 3.8) is 0 Å². The Morgan fingerprint density at radius 1 is 1.15 bits per heavy atom. The van der Waals surface area contributed by atoms with Crippen LogP contribution in [0.25, 0.3) is 0 Å². The van der Waals surface area contributed by atoms with E-state index in [-0.39, 0.29) is 12.0 Å². The average Bonchev–Trinajstić information content (AvgIpc) is 2.85. The van der Waals surface area contributed by atoms with E-state index in [9.17, 15) is 9.59 Å². The second kappa shape index (κ2) is 10.4. The molecule has 0 bridgehead atoms. The molecule has 1 heterocycles. The van der Waals surface area contributed by atoms with Gasteiger partial charge in [0.05, 0.1) is 6.61 Å². The molecule has 0 radical (unpaired) electrons. The number of halogens is 1. The molecule has 0 saturated carbocycles. The van der Waals surface area contributed by atoms with Gasteiger partial charge in [0.1, 0.15) is 0 Å². The molecule has 0 atom stereocenters. The molecule has 0 unspecified atom stereocenters. The molecule has 1 saturated heterocycles. The van der Waals surface area contributed by atoms with Crippen LogP contribution in [0.2, 0.25) is 5.02 Å². The number of ether oxygens (including phenoxy) is 1. The monoisotopic (exact) mass is 381 g/mol. The predicted octanol–water partition coefficient (Wildman–Crippen LogP) is 3.47. The van der Waals surface area contributed by atoms with Crippen LogP contribution in [0, 0.1) is 5.92 Å². The van der Waals surface area contributed by atoms with Gasteiger partial charge in [0.15, 0.2) is 0 Å². The summed E-state index contributed by atoms with van der Waals surface area (Å²) in [5.41, 5.74) is 0.745. The lowest BCUT2D eigenvalue weighted by molar-refractivity contribution is -0.116. The second-order valence-corrected chi connectivity index (χ2v) is 7.39. The van der Waals surface area contributed by atoms with Crippen molar-refractivity contribution in [2.45, 2.75) is 26.7 Å². The molecule has 6 nitrogen and oxygen atoms in total. The molecular formula is C19H28ClN3O3. The summed E-state index contributed by atoms with van der Waals surface area (Å²) in [6.45, 7) is 8.13. The maximum atomic E-state index is 12.1. The summed E-state index contributed by atoms with van der Waals surface area (Å²) < 4.78 is 5.30. The molecule has 1 N–H and O–H groups in total. The van der Waals surface area contributed by atoms with Gasteiger partial charge in [0.25, 0.3) is 0 Å². The zero-order chi connectivity index (χ0) is 18.9. The highest BCUT2D eigenvalue weighted by molar-refractivity contribution is 6.30. The van der Waals surface area contributed by atoms with Crippen LogP contribution in [0.15, 0.2) is 24.3 Å². The molecule has 7 heteroatoms. The molecule has 1 aromatic carbocycles. The maximum absolute atomic E-state index is 12.1. The van der Waals surface area contributed by atoms with Crippen LogP contribution in [-0.2, 0) is 9.53 Å². The molecule has 0 aliphatic carbocycles. The first-order chi connectivity index (χ1) is 12.4. The highest BCUT2D eigenvalue weighted by atomic mass is 35.5. The Labute approximate surface area is 160 Å². The standard InChI is InChI=1S/C19H28ClN3O3/c1-15(2)14-26-19(25)23-10-3-9-22(12-13-23)11-8-18(24)21-17-6-4-16(20)5-7-17/h4-7,15H,3,8-14H2,1-2H3,(H,21,24). The van der Waals surface area contributed by atoms with E-state index in [1.807, 2.05) is 13.8 Å². The fourth-order valence-corrected chi connectivity index (χ4v) is 2.85. The molecular weight excluding hydrogens is 354 g/mol. The fourth-order valence-electron chi connectivity index (χ4n) is 2.72. The number of nitrogens with one attached hydrogen (secondary N) is 1. The third-order valence-corrected chi connectivity index (χ3v) is 4.42. The number of amides is 2. The van der Waals surface area contributed by atoms with E-state index in [4.69, 9.17) is 16.3 Å². The number of benzene rings is 1. The Bertz CT molecular complexity index is 592. The number of carbonyl (C=O) groups is 2. The average molecular weight is 382 g/mol. The first kappa shape index (κ1) is 20.5. The van der Waals surface area contributed by atoms with E-state index in [0.717, 1.165) is 25.2 Å². The summed E-state index contributed by atoms with van der Waals surface area (Å²) in [5.74, 6) is 0.311. The number of nitrogens with zero attached hydrogens (tertiary/aromatic N) is 2. The van der Waals surface area contributed by atoms with Gasteiger partial charge in [-0.25, -0.2) is 4.79 Å². The highest BCUT2D eigenvalue weighted by Crippen LogP contribution is 2.14. The van der Waals surface area contributed by atoms with E-state index in [1.54, 1.807) is 29.2 Å². The van der Waals surface area contributed by atoms with Crippen molar-refractivity contribution in [1.29, 1.82) is 0 Å². The Kier molecular flexibility index (Phi) is 8.19. The van der Waals surface area contributed by atoms with Gasteiger partial charge in [-0.3, -0.25) is 4.79 Å². The van der Waals surface area contributed by atoms with E-state index in [2.05, 4.69) is 10.2 Å². The van der Waals surface area contributed by atoms with Crippen molar-refractivity contribution < 1.29 is 14.3 Å². The fraction of sp³-hybridized carbons (Fsp3) is 0.579. The molecule has 0 aromatic heterocycles. The van der Waals surface area contributed by atoms with Crippen LogP contribution < -0.4 is 5.32 Å². The Morgan fingerprint density at radius 3 is 2.58 bits per heavy atom. The van der Waals surface area contributed by atoms with Crippen molar-refractivity contribution in [2.24, 2.45) is 5.92 Å². The van der Waals surface area contributed by atoms with Crippen molar-refractivity contribution in [1.82, 2.24) is 9.80 Å². The SMILES string of the molecule is CC(C)COC(=O)N1CCCN(CCC(=O)Nc2ccc(Cl)cc2)CC1. The minimum atomic E-state index is -0.235. The number of hydrogen-bond acceptors (Lipinski definition) is 4. The summed E-state index contributed by atoms with van der Waals surface area (Å²) >= 11 is 5.84. The largest absolute Gasteiger partial charge is 0.449 e. The van der Waals surface area contributed by atoms with Gasteiger partial charge in [-0.2, -0.15) is 0 Å². The predicted molar refractivity (Wildman–Crippen MR) is 104 cm³/mol. The van der Waals surface area contributed by atoms with Crippen molar-refractivity contribution in [2.75, 3.05) is 44.6 Å². The van der Waals surface area contributed by atoms with Crippen LogP contribution in [0.4, 0.5) is 10.5 Å². The van der Waals surface area contributed by atoms with Gasteiger partial charge in [0, 0.05) is 43.3 Å². The van der Waals surface area contributed by atoms with Gasteiger partial charge >= 0.3 is 6.09 Å². The smallest absolute Gasteiger partial charge is 0.409 e. The van der Waals surface area contributed by atoms with Crippen molar-refractivity contribution >= 4 is 29.3 Å². The zero-order valence-electron chi connectivity index (χ0n) is 15.5. The van der Waals surface area contributed by atoms with Crippen molar-refractivity contribution in [3.05, 3.63) is 29.3 Å². The van der Waals surface area contributed by atoms with Crippen LogP contribution in [0.5, 0.6) is 0 Å². The highest BCUT2D eigenvalue weighted by Gasteiger charge is 2.20. The lowest BCUT2D eigenvalue weighted by Crippen LogP contribution is -2.36. The van der Waals surface area contributed by atoms with E-state index in [0.29, 0.717) is 43.6 Å². The molecule has 0 spiro atoms. The molecule has 1 aliphatic heterocycles. The molecule has 1 fully saturated rings. The molecule has 1 aromatic rings. The molecule has 2 rings (SSSR count). The van der Waals surface area contributed by atoms with Gasteiger partial charge in [0.2, 0.25) is 5.91 Å². The number of hydrogen-bond donors (Lipinski definition) is 1. The summed E-state index contributed by atoms with van der Waals surface area (Å²) in [4.78, 5) is 28.1. The Hall–Kier alpha value is -1.79. The third-order valence-electron chi connectivity index (χ3n) is 4.17. The Balaban J connectivity index is 1.71. The molecule has 1 aliphatic rings. The lowest BCUT2D eigenvalue weighted by atomic mass is 10.2. The van der Waals surface area contributed by atoms with E-state index >= 15 is 0 Å². The molecule has 144 valence electrons. The van der Waals surface area contributed by atoms with Crippen LogP contribution in [0.1, 0.15) is 26.7 Å². The van der Waals surface area contributed by atoms with E-state index < -0.39 is 0 Å². The van der Waals surface area contributed by atoms with Crippen LogP contribution in [-0.4, -0.2) is 61.1 Å². The topological polar surface area (TPSA) is 61.9 Å². The maximum Gasteiger partial charge on any atom is 0.409 e. The third kappa shape index (κ3) is 7.22. The van der Waals surface area contributed by atoms with Gasteiger partial charge in [-0.15, -0.1) is 0 Å². The van der Waals surface area contributed by atoms with Gasteiger partial charge in [-0.1, -0.05) is 25.4 Å². The molecule has 2 amide bonds. The second-order valence-electron chi connectivity index (χ2n) is 6.96. The number of rotatable bonds is 6. The quantitative estimate of drug-likeness (QED) is 0.819. The van der Waals surface area contributed by atoms with Gasteiger partial charge in [-0.05, 0) is 43.1 Å². The summed E-state index contributed by atoms with van der Waals surface area (Å²) in [5, 5.41) is 3.51. The molecule has 26 heavy (non-hydrogen) atoms. The number of carbonyl (C=O) groups excluding carboxylic acids is 2. The minimum absolute atomic E-state index is 0.0234. The summed E-state index contributed by atoms with van der Waals surface area (Å²) in [7, 11) is 0. The Morgan fingerprint density at radius 2 is 1.88 bits per heavy atom. The van der Waals surface area contributed by atoms with Crippen molar-refractivity contribution in [3.8, 4) is 0 Å². The normalized spacial score (nSPS) is 15.6. The van der Waals surface area contributed by atoms with E-state index in [1.165, 1.54) is 0 Å². The van der Waals surface area contributed by atoms with Crippen LogP contribution >= 0.6 is 11.6 Å². The van der Waals surface area contributed by atoms with Gasteiger partial charge < -0.3 is 19.9 Å². The summed E-state index contributed by atoms with van der Waals surface area (Å²) in [6, 6.07) is 7.07. The number of anilines is 1. The van der Waals surface area contributed by atoms with Crippen LogP contribution in [0.3, 0.4) is 0 Å².